The van der Waals surface area contributed by atoms with E-state index in [-0.39, 0.29) is 5.56 Å². The van der Waals surface area contributed by atoms with Crippen molar-refractivity contribution in [2.24, 2.45) is 0 Å². The molecular formula is C19H16F3N3O4S. The van der Waals surface area contributed by atoms with E-state index in [4.69, 9.17) is 5.26 Å². The topological polar surface area (TPSA) is 116 Å². The lowest BCUT2D eigenvalue weighted by molar-refractivity contribution is -0.120. The first-order chi connectivity index (χ1) is 14.2. The Morgan fingerprint density at radius 3 is 2.27 bits per heavy atom. The SMILES string of the molecule is N#CCNC(=O)C(CNC(=O)c1ccccc1)S(=O)(=O)Cc1c(F)ccc(F)c1F. The maximum absolute atomic E-state index is 13.9. The second-order valence-corrected chi connectivity index (χ2v) is 8.25. The Bertz CT molecular complexity index is 1090. The number of halogens is 3. The van der Waals surface area contributed by atoms with Crippen LogP contribution >= 0.6 is 0 Å². The van der Waals surface area contributed by atoms with Crippen LogP contribution in [-0.4, -0.2) is 38.6 Å². The minimum Gasteiger partial charge on any atom is -0.350 e. The standard InChI is InChI=1S/C19H16F3N3O4S/c20-14-6-7-15(21)17(22)13(14)11-30(28,29)16(19(27)24-9-8-23)10-25-18(26)12-4-2-1-3-5-12/h1-7,16H,9-11H2,(H,24,27)(H,25,26). The zero-order valence-electron chi connectivity index (χ0n) is 15.4. The van der Waals surface area contributed by atoms with Gasteiger partial charge in [-0.1, -0.05) is 18.2 Å². The molecule has 2 rings (SSSR count). The van der Waals surface area contributed by atoms with E-state index in [1.54, 1.807) is 24.3 Å². The van der Waals surface area contributed by atoms with Gasteiger partial charge in [0.05, 0.1) is 11.8 Å². The number of rotatable bonds is 8. The van der Waals surface area contributed by atoms with Crippen molar-refractivity contribution in [3.8, 4) is 6.07 Å². The van der Waals surface area contributed by atoms with Crippen molar-refractivity contribution in [2.45, 2.75) is 11.0 Å². The number of nitrogens with zero attached hydrogens (tertiary/aromatic N) is 1. The summed E-state index contributed by atoms with van der Waals surface area (Å²) in [7, 11) is -4.63. The van der Waals surface area contributed by atoms with Gasteiger partial charge in [-0.25, -0.2) is 21.6 Å². The summed E-state index contributed by atoms with van der Waals surface area (Å²) in [4.78, 5) is 24.4. The second-order valence-electron chi connectivity index (χ2n) is 6.07. The van der Waals surface area contributed by atoms with Gasteiger partial charge in [-0.2, -0.15) is 5.26 Å². The largest absolute Gasteiger partial charge is 0.350 e. The predicted octanol–water partition coefficient (Wildman–Crippen LogP) is 1.46. The van der Waals surface area contributed by atoms with Gasteiger partial charge in [-0.15, -0.1) is 0 Å². The van der Waals surface area contributed by atoms with E-state index in [0.29, 0.717) is 12.1 Å². The van der Waals surface area contributed by atoms with Gasteiger partial charge in [0.15, 0.2) is 26.7 Å². The minimum absolute atomic E-state index is 0.188. The Balaban J connectivity index is 2.29. The van der Waals surface area contributed by atoms with Crippen molar-refractivity contribution in [3.05, 3.63) is 71.0 Å². The van der Waals surface area contributed by atoms with Crippen LogP contribution in [0.25, 0.3) is 0 Å². The third kappa shape index (κ3) is 5.57. The molecule has 2 aromatic carbocycles. The Hall–Kier alpha value is -3.39. The third-order valence-corrected chi connectivity index (χ3v) is 5.97. The highest BCUT2D eigenvalue weighted by molar-refractivity contribution is 7.92. The van der Waals surface area contributed by atoms with Gasteiger partial charge in [0, 0.05) is 17.7 Å². The van der Waals surface area contributed by atoms with Crippen LogP contribution in [0.1, 0.15) is 15.9 Å². The maximum atomic E-state index is 13.9. The van der Waals surface area contributed by atoms with Crippen molar-refractivity contribution >= 4 is 21.7 Å². The summed E-state index contributed by atoms with van der Waals surface area (Å²) in [5, 5.41) is 10.9. The van der Waals surface area contributed by atoms with Crippen LogP contribution in [0.4, 0.5) is 13.2 Å². The van der Waals surface area contributed by atoms with Crippen molar-refractivity contribution in [2.75, 3.05) is 13.1 Å². The van der Waals surface area contributed by atoms with Crippen LogP contribution < -0.4 is 10.6 Å². The van der Waals surface area contributed by atoms with Gasteiger partial charge in [0.25, 0.3) is 5.91 Å². The van der Waals surface area contributed by atoms with Crippen molar-refractivity contribution in [1.29, 1.82) is 5.26 Å². The zero-order valence-corrected chi connectivity index (χ0v) is 16.2. The Morgan fingerprint density at radius 1 is 1.00 bits per heavy atom. The van der Waals surface area contributed by atoms with Crippen molar-refractivity contribution in [1.82, 2.24) is 10.6 Å². The molecule has 0 heterocycles. The highest BCUT2D eigenvalue weighted by Crippen LogP contribution is 2.20. The number of benzene rings is 2. The molecule has 158 valence electrons. The number of hydrogen-bond donors (Lipinski definition) is 2. The molecule has 2 aromatic rings. The van der Waals surface area contributed by atoms with Gasteiger partial charge in [0.2, 0.25) is 5.91 Å². The summed E-state index contributed by atoms with van der Waals surface area (Å²) in [6.07, 6.45) is 0. The van der Waals surface area contributed by atoms with E-state index in [9.17, 15) is 31.2 Å². The van der Waals surface area contributed by atoms with E-state index in [2.05, 4.69) is 5.32 Å². The molecule has 11 heteroatoms. The summed E-state index contributed by atoms with van der Waals surface area (Å²) in [6, 6.07) is 10.3. The molecule has 7 nitrogen and oxygen atoms in total. The van der Waals surface area contributed by atoms with Crippen molar-refractivity contribution < 1.29 is 31.2 Å². The highest BCUT2D eigenvalue weighted by Gasteiger charge is 2.35. The smallest absolute Gasteiger partial charge is 0.251 e. The molecule has 0 radical (unpaired) electrons. The normalized spacial score (nSPS) is 11.9. The Labute approximate surface area is 170 Å². The molecule has 0 aliphatic rings. The average Bonchev–Trinajstić information content (AvgIpc) is 2.73. The van der Waals surface area contributed by atoms with Crippen LogP contribution in [0, 0.1) is 28.8 Å². The van der Waals surface area contributed by atoms with E-state index < -0.39 is 68.8 Å². The Kier molecular flexibility index (Phi) is 7.54. The van der Waals surface area contributed by atoms with Gasteiger partial charge >= 0.3 is 0 Å². The number of nitriles is 1. The number of amides is 2. The number of nitrogens with one attached hydrogen (secondary N) is 2. The average molecular weight is 439 g/mol. The van der Waals surface area contributed by atoms with Gasteiger partial charge in [0.1, 0.15) is 12.4 Å². The molecule has 30 heavy (non-hydrogen) atoms. The molecule has 2 N–H and O–H groups in total. The molecule has 0 aliphatic carbocycles. The second kappa shape index (κ2) is 9.89. The summed E-state index contributed by atoms with van der Waals surface area (Å²) in [5.74, 6) is -7.61. The van der Waals surface area contributed by atoms with Crippen LogP contribution in [-0.2, 0) is 20.4 Å². The fraction of sp³-hybridized carbons (Fsp3) is 0.211. The van der Waals surface area contributed by atoms with E-state index in [1.807, 2.05) is 5.32 Å². The van der Waals surface area contributed by atoms with Crippen LogP contribution in [0.5, 0.6) is 0 Å². The molecule has 0 aliphatic heterocycles. The predicted molar refractivity (Wildman–Crippen MR) is 100 cm³/mol. The first kappa shape index (κ1) is 22.9. The molecule has 1 unspecified atom stereocenters. The lowest BCUT2D eigenvalue weighted by Gasteiger charge is -2.18. The lowest BCUT2D eigenvalue weighted by atomic mass is 10.2. The monoisotopic (exact) mass is 439 g/mol. The molecule has 0 aromatic heterocycles. The van der Waals surface area contributed by atoms with E-state index >= 15 is 0 Å². The fourth-order valence-corrected chi connectivity index (χ4v) is 4.12. The number of carbonyl (C=O) groups is 2. The Morgan fingerprint density at radius 2 is 1.63 bits per heavy atom. The molecule has 0 saturated heterocycles. The summed E-state index contributed by atoms with van der Waals surface area (Å²) >= 11 is 0. The summed E-state index contributed by atoms with van der Waals surface area (Å²) in [6.45, 7) is -1.26. The molecule has 2 amide bonds. The van der Waals surface area contributed by atoms with Gasteiger partial charge in [-0.3, -0.25) is 9.59 Å². The molecule has 0 bridgehead atoms. The number of hydrogen-bond acceptors (Lipinski definition) is 5. The van der Waals surface area contributed by atoms with Gasteiger partial charge in [-0.05, 0) is 24.3 Å². The highest BCUT2D eigenvalue weighted by atomic mass is 32.2. The molecule has 0 fully saturated rings. The zero-order chi connectivity index (χ0) is 22.3. The van der Waals surface area contributed by atoms with Crippen molar-refractivity contribution in [3.63, 3.8) is 0 Å². The third-order valence-electron chi connectivity index (χ3n) is 4.04. The maximum Gasteiger partial charge on any atom is 0.251 e. The van der Waals surface area contributed by atoms with Crippen LogP contribution in [0.3, 0.4) is 0 Å². The molecular weight excluding hydrogens is 423 g/mol. The summed E-state index contributed by atoms with van der Waals surface area (Å²) in [5.41, 5.74) is -0.879. The lowest BCUT2D eigenvalue weighted by Crippen LogP contribution is -2.47. The van der Waals surface area contributed by atoms with Crippen LogP contribution in [0.15, 0.2) is 42.5 Å². The van der Waals surface area contributed by atoms with Gasteiger partial charge < -0.3 is 10.6 Å². The minimum atomic E-state index is -4.63. The number of carbonyl (C=O) groups excluding carboxylic acids is 2. The quantitative estimate of drug-likeness (QED) is 0.477. The van der Waals surface area contributed by atoms with E-state index in [0.717, 1.165) is 0 Å². The number of sulfone groups is 1. The molecule has 0 saturated carbocycles. The fourth-order valence-electron chi connectivity index (χ4n) is 2.50. The van der Waals surface area contributed by atoms with Crippen LogP contribution in [0.2, 0.25) is 0 Å². The first-order valence-corrected chi connectivity index (χ1v) is 10.2. The molecule has 0 spiro atoms. The van der Waals surface area contributed by atoms with E-state index in [1.165, 1.54) is 12.1 Å². The summed E-state index contributed by atoms with van der Waals surface area (Å²) < 4.78 is 66.6. The first-order valence-electron chi connectivity index (χ1n) is 8.49. The molecule has 1 atom stereocenters.